The quantitative estimate of drug-likeness (QED) is 0.546. The Morgan fingerprint density at radius 3 is 2.83 bits per heavy atom. The molecule has 0 aliphatic rings. The SMILES string of the molecule is C=Cc1nc(Cl)ncc1C(=O)Cl. The van der Waals surface area contributed by atoms with Gasteiger partial charge in [-0.15, -0.1) is 0 Å². The summed E-state index contributed by atoms with van der Waals surface area (Å²) >= 11 is 10.7. The first-order valence-electron chi connectivity index (χ1n) is 3.00. The van der Waals surface area contributed by atoms with E-state index in [-0.39, 0.29) is 10.8 Å². The number of carbonyl (C=O) groups is 1. The van der Waals surface area contributed by atoms with E-state index in [1.54, 1.807) is 0 Å². The number of rotatable bonds is 2. The lowest BCUT2D eigenvalue weighted by Crippen LogP contribution is -1.98. The van der Waals surface area contributed by atoms with Crippen molar-refractivity contribution in [3.63, 3.8) is 0 Å². The maximum Gasteiger partial charge on any atom is 0.256 e. The Hall–Kier alpha value is -0.930. The number of nitrogens with zero attached hydrogens (tertiary/aromatic N) is 2. The maximum atomic E-state index is 10.7. The van der Waals surface area contributed by atoms with Crippen LogP contribution in [0.3, 0.4) is 0 Å². The van der Waals surface area contributed by atoms with Crippen molar-refractivity contribution in [1.29, 1.82) is 0 Å². The summed E-state index contributed by atoms with van der Waals surface area (Å²) in [5, 5.41) is -0.562. The van der Waals surface area contributed by atoms with E-state index in [0.717, 1.165) is 0 Å². The second kappa shape index (κ2) is 3.65. The Bertz CT molecular complexity index is 338. The van der Waals surface area contributed by atoms with Gasteiger partial charge in [0.25, 0.3) is 5.24 Å². The van der Waals surface area contributed by atoms with Crippen molar-refractivity contribution in [3.05, 3.63) is 29.3 Å². The van der Waals surface area contributed by atoms with E-state index in [4.69, 9.17) is 23.2 Å². The van der Waals surface area contributed by atoms with Gasteiger partial charge in [-0.25, -0.2) is 9.97 Å². The van der Waals surface area contributed by atoms with Crippen LogP contribution < -0.4 is 0 Å². The molecule has 62 valence electrons. The Kier molecular flexibility index (Phi) is 2.78. The monoisotopic (exact) mass is 202 g/mol. The highest BCUT2D eigenvalue weighted by Crippen LogP contribution is 2.11. The minimum absolute atomic E-state index is 0.0616. The van der Waals surface area contributed by atoms with Gasteiger partial charge < -0.3 is 0 Å². The van der Waals surface area contributed by atoms with E-state index in [0.29, 0.717) is 5.69 Å². The van der Waals surface area contributed by atoms with E-state index in [1.165, 1.54) is 12.3 Å². The van der Waals surface area contributed by atoms with Crippen LogP contribution in [0.25, 0.3) is 6.08 Å². The first-order valence-corrected chi connectivity index (χ1v) is 3.75. The third-order valence-corrected chi connectivity index (χ3v) is 1.58. The summed E-state index contributed by atoms with van der Waals surface area (Å²) in [5.41, 5.74) is 0.547. The summed E-state index contributed by atoms with van der Waals surface area (Å²) in [7, 11) is 0. The molecule has 1 rings (SSSR count). The zero-order chi connectivity index (χ0) is 9.14. The Morgan fingerprint density at radius 2 is 2.33 bits per heavy atom. The lowest BCUT2D eigenvalue weighted by atomic mass is 10.2. The van der Waals surface area contributed by atoms with Crippen LogP contribution in [-0.4, -0.2) is 15.2 Å². The van der Waals surface area contributed by atoms with Crippen molar-refractivity contribution in [1.82, 2.24) is 9.97 Å². The first kappa shape index (κ1) is 9.16. The Balaban J connectivity index is 3.29. The lowest BCUT2D eigenvalue weighted by Gasteiger charge is -1.97. The van der Waals surface area contributed by atoms with Crippen LogP contribution in [0.15, 0.2) is 12.8 Å². The van der Waals surface area contributed by atoms with Gasteiger partial charge in [-0.1, -0.05) is 6.58 Å². The smallest absolute Gasteiger partial charge is 0.256 e. The van der Waals surface area contributed by atoms with E-state index in [1.807, 2.05) is 0 Å². The summed E-state index contributed by atoms with van der Waals surface area (Å²) in [5.74, 6) is 0. The van der Waals surface area contributed by atoms with Gasteiger partial charge in [0.15, 0.2) is 0 Å². The molecule has 0 N–H and O–H groups in total. The number of halogens is 2. The second-order valence-electron chi connectivity index (χ2n) is 1.92. The molecule has 1 heterocycles. The molecular formula is C7H4Cl2N2O. The Labute approximate surface area is 79.0 Å². The van der Waals surface area contributed by atoms with E-state index in [9.17, 15) is 4.79 Å². The van der Waals surface area contributed by atoms with Gasteiger partial charge in [0.2, 0.25) is 5.28 Å². The zero-order valence-electron chi connectivity index (χ0n) is 5.92. The predicted molar refractivity (Wildman–Crippen MR) is 47.3 cm³/mol. The third kappa shape index (κ3) is 1.81. The number of hydrogen-bond donors (Lipinski definition) is 0. The topological polar surface area (TPSA) is 42.9 Å². The third-order valence-electron chi connectivity index (χ3n) is 1.19. The van der Waals surface area contributed by atoms with Gasteiger partial charge >= 0.3 is 0 Å². The van der Waals surface area contributed by atoms with Crippen LogP contribution in [0.4, 0.5) is 0 Å². The second-order valence-corrected chi connectivity index (χ2v) is 2.60. The van der Waals surface area contributed by atoms with Crippen molar-refractivity contribution in [2.24, 2.45) is 0 Å². The van der Waals surface area contributed by atoms with Crippen LogP contribution in [0.5, 0.6) is 0 Å². The highest BCUT2D eigenvalue weighted by Gasteiger charge is 2.08. The average Bonchev–Trinajstić information content (AvgIpc) is 2.03. The fourth-order valence-corrected chi connectivity index (χ4v) is 0.965. The van der Waals surface area contributed by atoms with Crippen molar-refractivity contribution in [2.75, 3.05) is 0 Å². The van der Waals surface area contributed by atoms with E-state index < -0.39 is 5.24 Å². The molecule has 0 aliphatic carbocycles. The first-order chi connectivity index (χ1) is 5.65. The summed E-state index contributed by atoms with van der Waals surface area (Å²) in [6, 6.07) is 0. The molecule has 12 heavy (non-hydrogen) atoms. The highest BCUT2D eigenvalue weighted by atomic mass is 35.5. The molecule has 0 amide bonds. The van der Waals surface area contributed by atoms with Crippen LogP contribution >= 0.6 is 23.2 Å². The number of carbonyl (C=O) groups excluding carboxylic acids is 1. The summed E-state index contributed by atoms with van der Waals surface area (Å²) in [6.45, 7) is 3.46. The zero-order valence-corrected chi connectivity index (χ0v) is 7.43. The van der Waals surface area contributed by atoms with Gasteiger partial charge in [0.1, 0.15) is 0 Å². The predicted octanol–water partition coefficient (Wildman–Crippen LogP) is 2.15. The van der Waals surface area contributed by atoms with Crippen LogP contribution in [0, 0.1) is 0 Å². The largest absolute Gasteiger partial charge is 0.275 e. The molecule has 3 nitrogen and oxygen atoms in total. The fourth-order valence-electron chi connectivity index (χ4n) is 0.679. The van der Waals surface area contributed by atoms with Crippen LogP contribution in [-0.2, 0) is 0 Å². The fraction of sp³-hybridized carbons (Fsp3) is 0. The van der Waals surface area contributed by atoms with Crippen molar-refractivity contribution < 1.29 is 4.79 Å². The van der Waals surface area contributed by atoms with Crippen molar-refractivity contribution >= 4 is 34.5 Å². The molecule has 0 saturated heterocycles. The van der Waals surface area contributed by atoms with Gasteiger partial charge in [0, 0.05) is 6.20 Å². The molecule has 0 bridgehead atoms. The molecule has 0 radical (unpaired) electrons. The molecule has 0 spiro atoms. The van der Waals surface area contributed by atoms with Gasteiger partial charge in [0.05, 0.1) is 11.3 Å². The maximum absolute atomic E-state index is 10.7. The number of hydrogen-bond acceptors (Lipinski definition) is 3. The molecule has 5 heteroatoms. The molecule has 1 aromatic rings. The molecular weight excluding hydrogens is 199 g/mol. The van der Waals surface area contributed by atoms with Crippen molar-refractivity contribution in [3.8, 4) is 0 Å². The summed E-state index contributed by atoms with van der Waals surface area (Å²) < 4.78 is 0. The van der Waals surface area contributed by atoms with Gasteiger partial charge in [-0.3, -0.25) is 4.79 Å². The highest BCUT2D eigenvalue weighted by molar-refractivity contribution is 6.68. The molecule has 0 atom stereocenters. The number of aromatic nitrogens is 2. The van der Waals surface area contributed by atoms with Gasteiger partial charge in [-0.2, -0.15) is 0 Å². The Morgan fingerprint density at radius 1 is 1.67 bits per heavy atom. The average molecular weight is 203 g/mol. The molecule has 0 aliphatic heterocycles. The lowest BCUT2D eigenvalue weighted by molar-refractivity contribution is 0.108. The summed E-state index contributed by atoms with van der Waals surface area (Å²) in [6.07, 6.45) is 2.66. The standard InChI is InChI=1S/C7H4Cl2N2O/c1-2-5-4(6(8)12)3-10-7(9)11-5/h2-3H,1H2. The van der Waals surface area contributed by atoms with Crippen LogP contribution in [0.2, 0.25) is 5.28 Å². The molecule has 1 aromatic heterocycles. The van der Waals surface area contributed by atoms with Crippen molar-refractivity contribution in [2.45, 2.75) is 0 Å². The van der Waals surface area contributed by atoms with E-state index in [2.05, 4.69) is 16.5 Å². The summed E-state index contributed by atoms with van der Waals surface area (Å²) in [4.78, 5) is 18.1. The molecule has 0 saturated carbocycles. The minimum atomic E-state index is -0.624. The van der Waals surface area contributed by atoms with Gasteiger partial charge in [-0.05, 0) is 29.3 Å². The normalized spacial score (nSPS) is 9.50. The minimum Gasteiger partial charge on any atom is -0.275 e. The van der Waals surface area contributed by atoms with Crippen LogP contribution in [0.1, 0.15) is 16.1 Å². The van der Waals surface area contributed by atoms with E-state index >= 15 is 0 Å². The molecule has 0 unspecified atom stereocenters. The molecule has 0 fully saturated rings. The molecule has 0 aromatic carbocycles.